The normalized spacial score (nSPS) is 27.1. The van der Waals surface area contributed by atoms with Crippen LogP contribution in [0.1, 0.15) is 25.1 Å². The predicted octanol–water partition coefficient (Wildman–Crippen LogP) is 0.790. The van der Waals surface area contributed by atoms with Crippen LogP contribution in [0.2, 0.25) is 0 Å². The zero-order valence-electron chi connectivity index (χ0n) is 15.3. The monoisotopic (exact) mass is 366 g/mol. The van der Waals surface area contributed by atoms with Gasteiger partial charge in [0.2, 0.25) is 11.8 Å². The third-order valence-corrected chi connectivity index (χ3v) is 6.32. The molecule has 0 radical (unpaired) electrons. The van der Waals surface area contributed by atoms with Gasteiger partial charge in [0.15, 0.2) is 0 Å². The number of para-hydroxylation sites is 1. The van der Waals surface area contributed by atoms with Crippen molar-refractivity contribution in [3.63, 3.8) is 0 Å². The minimum Gasteiger partial charge on any atom is -0.345 e. The Morgan fingerprint density at radius 1 is 1.07 bits per heavy atom. The maximum absolute atomic E-state index is 13.2. The van der Waals surface area contributed by atoms with Crippen molar-refractivity contribution < 1.29 is 9.59 Å². The summed E-state index contributed by atoms with van der Waals surface area (Å²) >= 11 is 0. The van der Waals surface area contributed by atoms with Crippen LogP contribution in [0.3, 0.4) is 0 Å². The van der Waals surface area contributed by atoms with Gasteiger partial charge in [-0.2, -0.15) is 0 Å². The highest BCUT2D eigenvalue weighted by molar-refractivity contribution is 5.89. The number of nitrogens with zero attached hydrogens (tertiary/aromatic N) is 4. The molecule has 7 heteroatoms. The van der Waals surface area contributed by atoms with Gasteiger partial charge in [-0.05, 0) is 25.0 Å². The molecule has 0 N–H and O–H groups in total. The van der Waals surface area contributed by atoms with Crippen molar-refractivity contribution in [1.82, 2.24) is 19.4 Å². The lowest BCUT2D eigenvalue weighted by Gasteiger charge is -2.30. The molecular formula is C20H22N4O3. The van der Waals surface area contributed by atoms with Gasteiger partial charge in [-0.15, -0.1) is 0 Å². The molecule has 3 aliphatic heterocycles. The number of carbonyl (C=O) groups excluding carboxylic acids is 2. The van der Waals surface area contributed by atoms with E-state index in [9.17, 15) is 14.4 Å². The average Bonchev–Trinajstić information content (AvgIpc) is 3.14. The van der Waals surface area contributed by atoms with Crippen molar-refractivity contribution in [1.29, 1.82) is 0 Å². The lowest BCUT2D eigenvalue weighted by atomic mass is 10.1. The van der Waals surface area contributed by atoms with Crippen LogP contribution in [0.25, 0.3) is 10.9 Å². The van der Waals surface area contributed by atoms with Gasteiger partial charge in [-0.3, -0.25) is 19.0 Å². The highest BCUT2D eigenvalue weighted by Gasteiger charge is 2.44. The first-order valence-corrected chi connectivity index (χ1v) is 9.57. The zero-order valence-corrected chi connectivity index (χ0v) is 15.3. The quantitative estimate of drug-likeness (QED) is 0.748. The molecule has 3 atom stereocenters. The number of fused-ring (bicyclic) bond motifs is 4. The summed E-state index contributed by atoms with van der Waals surface area (Å²) in [5, 5.41) is 0.625. The van der Waals surface area contributed by atoms with E-state index in [-0.39, 0.29) is 35.4 Å². The van der Waals surface area contributed by atoms with E-state index >= 15 is 0 Å². The van der Waals surface area contributed by atoms with Gasteiger partial charge in [-0.25, -0.2) is 4.98 Å². The van der Waals surface area contributed by atoms with Gasteiger partial charge in [0.05, 0.1) is 22.9 Å². The third-order valence-electron chi connectivity index (χ3n) is 6.32. The number of rotatable bonds is 1. The van der Waals surface area contributed by atoms with E-state index in [1.54, 1.807) is 16.5 Å². The summed E-state index contributed by atoms with van der Waals surface area (Å²) in [7, 11) is 1.75. The van der Waals surface area contributed by atoms with Crippen molar-refractivity contribution in [2.75, 3.05) is 13.6 Å². The minimum atomic E-state index is -0.268. The molecule has 2 saturated heterocycles. The van der Waals surface area contributed by atoms with Crippen LogP contribution in [0.5, 0.6) is 0 Å². The number of carbonyl (C=O) groups is 2. The molecule has 140 valence electrons. The summed E-state index contributed by atoms with van der Waals surface area (Å²) in [5.41, 5.74) is 0.693. The Bertz CT molecular complexity index is 1010. The second-order valence-corrected chi connectivity index (χ2v) is 7.97. The van der Waals surface area contributed by atoms with Crippen molar-refractivity contribution in [3.05, 3.63) is 40.4 Å². The van der Waals surface area contributed by atoms with Crippen LogP contribution in [0.15, 0.2) is 29.1 Å². The zero-order chi connectivity index (χ0) is 18.7. The summed E-state index contributed by atoms with van der Waals surface area (Å²) < 4.78 is 1.76. The number of aromatic nitrogens is 2. The maximum atomic E-state index is 13.2. The SMILES string of the molecule is CN1C[C@@H](C(=O)N2[C@H]3CC[C@H]2Cn2c(nc4ccccc4c2=O)C3)CC1=O. The van der Waals surface area contributed by atoms with Gasteiger partial charge in [0.25, 0.3) is 5.56 Å². The van der Waals surface area contributed by atoms with E-state index in [0.717, 1.165) is 18.7 Å². The summed E-state index contributed by atoms with van der Waals surface area (Å²) in [5.74, 6) is 0.590. The third kappa shape index (κ3) is 2.48. The van der Waals surface area contributed by atoms with Crippen LogP contribution < -0.4 is 5.56 Å². The van der Waals surface area contributed by atoms with Crippen LogP contribution in [0.4, 0.5) is 0 Å². The molecule has 4 heterocycles. The Balaban J connectivity index is 1.51. The number of hydrogen-bond acceptors (Lipinski definition) is 4. The van der Waals surface area contributed by atoms with Crippen LogP contribution in [-0.2, 0) is 22.6 Å². The van der Waals surface area contributed by atoms with E-state index in [4.69, 9.17) is 4.98 Å². The minimum absolute atomic E-state index is 0.00502. The Kier molecular flexibility index (Phi) is 3.60. The second-order valence-electron chi connectivity index (χ2n) is 7.97. The first-order chi connectivity index (χ1) is 13.0. The summed E-state index contributed by atoms with van der Waals surface area (Å²) in [6, 6.07) is 7.48. The molecule has 7 nitrogen and oxygen atoms in total. The molecule has 2 fully saturated rings. The molecule has 0 aliphatic carbocycles. The molecule has 2 bridgehead atoms. The van der Waals surface area contributed by atoms with Crippen LogP contribution in [-0.4, -0.2) is 56.8 Å². The number of benzene rings is 1. The van der Waals surface area contributed by atoms with Crippen molar-refractivity contribution in [2.24, 2.45) is 5.92 Å². The van der Waals surface area contributed by atoms with Gasteiger partial charge in [-0.1, -0.05) is 12.1 Å². The molecule has 0 saturated carbocycles. The number of likely N-dealkylation sites (tertiary alicyclic amines) is 1. The molecule has 0 spiro atoms. The first kappa shape index (κ1) is 16.5. The van der Waals surface area contributed by atoms with Gasteiger partial charge >= 0.3 is 0 Å². The molecule has 0 unspecified atom stereocenters. The molecule has 5 rings (SSSR count). The van der Waals surface area contributed by atoms with E-state index < -0.39 is 0 Å². The summed E-state index contributed by atoms with van der Waals surface area (Å²) in [6.45, 7) is 0.980. The van der Waals surface area contributed by atoms with E-state index in [1.807, 2.05) is 29.2 Å². The molecule has 3 aliphatic rings. The number of hydrogen-bond donors (Lipinski definition) is 0. The van der Waals surface area contributed by atoms with Gasteiger partial charge in [0, 0.05) is 39.0 Å². The fourth-order valence-corrected chi connectivity index (χ4v) is 4.92. The highest BCUT2D eigenvalue weighted by Crippen LogP contribution is 2.33. The van der Waals surface area contributed by atoms with Crippen molar-refractivity contribution in [2.45, 2.75) is 44.3 Å². The summed E-state index contributed by atoms with van der Waals surface area (Å²) in [4.78, 5) is 46.4. The Hall–Kier alpha value is -2.70. The van der Waals surface area contributed by atoms with Crippen molar-refractivity contribution >= 4 is 22.7 Å². The molecule has 1 aromatic carbocycles. The second kappa shape index (κ2) is 5.90. The molecule has 2 amide bonds. The fraction of sp³-hybridized carbons (Fsp3) is 0.500. The predicted molar refractivity (Wildman–Crippen MR) is 99.1 cm³/mol. The van der Waals surface area contributed by atoms with Crippen molar-refractivity contribution in [3.8, 4) is 0 Å². The number of amides is 2. The maximum Gasteiger partial charge on any atom is 0.261 e. The fourth-order valence-electron chi connectivity index (χ4n) is 4.92. The van der Waals surface area contributed by atoms with Crippen LogP contribution >= 0.6 is 0 Å². The Morgan fingerprint density at radius 2 is 1.85 bits per heavy atom. The van der Waals surface area contributed by atoms with Gasteiger partial charge in [0.1, 0.15) is 5.82 Å². The first-order valence-electron chi connectivity index (χ1n) is 9.57. The Morgan fingerprint density at radius 3 is 2.63 bits per heavy atom. The largest absolute Gasteiger partial charge is 0.345 e. The molecule has 1 aromatic heterocycles. The molecule has 2 aromatic rings. The van der Waals surface area contributed by atoms with Gasteiger partial charge < -0.3 is 9.80 Å². The standard InChI is InChI=1S/C20H22N4O3/c1-22-10-12(8-18(22)25)19(26)24-13-6-7-14(24)11-23-17(9-13)21-16-5-3-2-4-15(16)20(23)27/h2-5,12-14H,6-11H2,1H3/t12-,13-,14-/m0/s1. The van der Waals surface area contributed by atoms with E-state index in [0.29, 0.717) is 36.8 Å². The lowest BCUT2D eigenvalue weighted by molar-refractivity contribution is -0.138. The van der Waals surface area contributed by atoms with E-state index in [1.165, 1.54) is 0 Å². The van der Waals surface area contributed by atoms with Crippen LogP contribution in [0, 0.1) is 5.92 Å². The van der Waals surface area contributed by atoms with E-state index in [2.05, 4.69) is 0 Å². The Labute approximate surface area is 156 Å². The lowest BCUT2D eigenvalue weighted by Crippen LogP contribution is -2.46. The average molecular weight is 366 g/mol. The summed E-state index contributed by atoms with van der Waals surface area (Å²) in [6.07, 6.45) is 2.71. The smallest absolute Gasteiger partial charge is 0.261 e. The molecule has 27 heavy (non-hydrogen) atoms. The molecular weight excluding hydrogens is 344 g/mol. The topological polar surface area (TPSA) is 75.5 Å². The highest BCUT2D eigenvalue weighted by atomic mass is 16.2.